The molecule has 54 heavy (non-hydrogen) atoms. The van der Waals surface area contributed by atoms with Gasteiger partial charge in [0.05, 0.1) is 22.9 Å². The lowest BCUT2D eigenvalue weighted by Gasteiger charge is -2.55. The highest BCUT2D eigenvalue weighted by Crippen LogP contribution is 2.60. The standard InChI is InChI=1S/C21H16F3O2S.C17H24F4O5S/c22-21(23,24)15-20(25)26-16-11-13-19(14-12-16)27(17-7-3-1-4-8-17)18-9-5-2-6-10-18;18-16(19,17(20,21)27(23,24)25)3-1-2-4-26-14(22)15-8-11-5-12(9-15)7-13(6-11)10-15/h1-14H,15H2;11-13H,1-10H2,(H,23,24,25)/q+1;/p-1. The van der Waals surface area contributed by atoms with Gasteiger partial charge < -0.3 is 14.0 Å². The normalized spacial score (nSPS) is 22.4. The summed E-state index contributed by atoms with van der Waals surface area (Å²) < 4.78 is 131. The predicted molar refractivity (Wildman–Crippen MR) is 183 cm³/mol. The number of alkyl halides is 7. The molecule has 3 aromatic rings. The lowest BCUT2D eigenvalue weighted by Crippen LogP contribution is -2.50. The van der Waals surface area contributed by atoms with E-state index in [2.05, 4.69) is 0 Å². The molecule has 294 valence electrons. The molecule has 3 aromatic carbocycles. The van der Waals surface area contributed by atoms with Crippen LogP contribution in [0.4, 0.5) is 30.7 Å². The summed E-state index contributed by atoms with van der Waals surface area (Å²) >= 11 is 0. The maximum Gasteiger partial charge on any atom is 0.399 e. The second-order valence-corrected chi connectivity index (χ2v) is 17.6. The van der Waals surface area contributed by atoms with Gasteiger partial charge in [-0.05, 0) is 118 Å². The smallest absolute Gasteiger partial charge is 0.399 e. The molecule has 0 spiro atoms. The molecule has 0 amide bonds. The molecule has 0 N–H and O–H groups in total. The van der Waals surface area contributed by atoms with Crippen molar-refractivity contribution in [3.8, 4) is 5.75 Å². The third kappa shape index (κ3) is 10.2. The molecule has 7 nitrogen and oxygen atoms in total. The molecule has 16 heteroatoms. The summed E-state index contributed by atoms with van der Waals surface area (Å²) in [6.45, 7) is -0.188. The molecule has 0 atom stereocenters. The first-order valence-electron chi connectivity index (χ1n) is 17.4. The van der Waals surface area contributed by atoms with Crippen LogP contribution in [0.5, 0.6) is 5.75 Å². The third-order valence-corrected chi connectivity index (χ3v) is 13.1. The molecule has 4 aliphatic rings. The lowest BCUT2D eigenvalue weighted by atomic mass is 9.49. The van der Waals surface area contributed by atoms with Gasteiger partial charge in [-0.1, -0.05) is 36.4 Å². The first-order valence-corrected chi connectivity index (χ1v) is 20.0. The van der Waals surface area contributed by atoms with E-state index in [1.165, 1.54) is 12.1 Å². The van der Waals surface area contributed by atoms with Gasteiger partial charge in [0, 0.05) is 6.42 Å². The molecule has 4 aliphatic carbocycles. The van der Waals surface area contributed by atoms with Gasteiger partial charge in [0.2, 0.25) is 0 Å². The van der Waals surface area contributed by atoms with E-state index >= 15 is 0 Å². The van der Waals surface area contributed by atoms with E-state index in [-0.39, 0.29) is 35.6 Å². The SMILES string of the molecule is O=C(CC(F)(F)F)Oc1ccc([S+](c2ccccc2)c2ccccc2)cc1.O=C(OCCCCC(F)(F)C(F)(F)S(=O)(=O)[O-])C12CC3CC(CC(C3)C1)C2. The van der Waals surface area contributed by atoms with Crippen molar-refractivity contribution in [2.45, 2.75) is 96.2 Å². The van der Waals surface area contributed by atoms with Gasteiger partial charge in [0.15, 0.2) is 24.8 Å². The monoisotopic (exact) mass is 804 g/mol. The summed E-state index contributed by atoms with van der Waals surface area (Å²) in [5, 5.41) is -5.66. The van der Waals surface area contributed by atoms with E-state index in [4.69, 9.17) is 9.47 Å². The number of halogens is 7. The summed E-state index contributed by atoms with van der Waals surface area (Å²) in [6, 6.07) is 26.5. The molecule has 0 aromatic heterocycles. The van der Waals surface area contributed by atoms with Crippen molar-refractivity contribution in [3.63, 3.8) is 0 Å². The van der Waals surface area contributed by atoms with E-state index < -0.39 is 58.1 Å². The van der Waals surface area contributed by atoms with Crippen LogP contribution in [-0.2, 0) is 35.3 Å². The highest BCUT2D eigenvalue weighted by molar-refractivity contribution is 7.97. The van der Waals surface area contributed by atoms with Crippen molar-refractivity contribution in [1.29, 1.82) is 0 Å². The predicted octanol–water partition coefficient (Wildman–Crippen LogP) is 9.33. The topological polar surface area (TPSA) is 110 Å². The second-order valence-electron chi connectivity index (χ2n) is 14.1. The van der Waals surface area contributed by atoms with Crippen LogP contribution >= 0.6 is 0 Å². The molecular weight excluding hydrogens is 766 g/mol. The van der Waals surface area contributed by atoms with Crippen molar-refractivity contribution in [2.75, 3.05) is 6.61 Å². The van der Waals surface area contributed by atoms with Crippen LogP contribution in [0, 0.1) is 23.2 Å². The molecule has 0 radical (unpaired) electrons. The zero-order valence-electron chi connectivity index (χ0n) is 28.9. The number of hydrogen-bond donors (Lipinski definition) is 0. The maximum atomic E-state index is 13.4. The third-order valence-electron chi connectivity index (χ3n) is 9.92. The van der Waals surface area contributed by atoms with Crippen LogP contribution in [0.1, 0.15) is 64.2 Å². The number of rotatable bonds is 13. The van der Waals surface area contributed by atoms with Gasteiger partial charge in [-0.2, -0.15) is 30.7 Å². The Kier molecular flexibility index (Phi) is 12.8. The molecule has 0 unspecified atom stereocenters. The Balaban J connectivity index is 0.000000208. The fraction of sp³-hybridized carbons (Fsp3) is 0.474. The molecule has 4 bridgehead atoms. The minimum atomic E-state index is -6.46. The number of hydrogen-bond acceptors (Lipinski definition) is 7. The first kappa shape index (κ1) is 41.5. The Morgan fingerprint density at radius 1 is 0.722 bits per heavy atom. The van der Waals surface area contributed by atoms with E-state index in [1.807, 2.05) is 60.7 Å². The van der Waals surface area contributed by atoms with Crippen molar-refractivity contribution < 1.29 is 62.8 Å². The Morgan fingerprint density at radius 2 is 1.19 bits per heavy atom. The van der Waals surface area contributed by atoms with Crippen molar-refractivity contribution in [3.05, 3.63) is 84.9 Å². The quantitative estimate of drug-likeness (QED) is 0.0423. The number of benzene rings is 3. The zero-order chi connectivity index (χ0) is 39.4. The fourth-order valence-corrected chi connectivity index (χ4v) is 10.5. The van der Waals surface area contributed by atoms with Crippen molar-refractivity contribution in [2.24, 2.45) is 23.2 Å². The van der Waals surface area contributed by atoms with Crippen LogP contribution in [-0.4, -0.2) is 48.9 Å². The van der Waals surface area contributed by atoms with Crippen molar-refractivity contribution >= 4 is 33.0 Å². The van der Waals surface area contributed by atoms with Crippen LogP contribution in [0.3, 0.4) is 0 Å². The van der Waals surface area contributed by atoms with Gasteiger partial charge in [-0.25, -0.2) is 8.42 Å². The summed E-state index contributed by atoms with van der Waals surface area (Å²) in [7, 11) is -6.83. The average molecular weight is 805 g/mol. The van der Waals surface area contributed by atoms with Gasteiger partial charge in [0.1, 0.15) is 12.2 Å². The number of carbonyl (C=O) groups excluding carboxylic acids is 2. The van der Waals surface area contributed by atoms with Gasteiger partial charge in [-0.15, -0.1) is 0 Å². The molecule has 4 fully saturated rings. The lowest BCUT2D eigenvalue weighted by molar-refractivity contribution is -0.173. The van der Waals surface area contributed by atoms with Crippen LogP contribution in [0.25, 0.3) is 0 Å². The first-order chi connectivity index (χ1) is 25.3. The molecule has 4 saturated carbocycles. The summed E-state index contributed by atoms with van der Waals surface area (Å²) in [5.74, 6) is -4.90. The number of carbonyl (C=O) groups is 2. The number of ether oxygens (including phenoxy) is 2. The Morgan fingerprint density at radius 3 is 1.63 bits per heavy atom. The maximum absolute atomic E-state index is 13.4. The minimum absolute atomic E-state index is 0.0951. The van der Waals surface area contributed by atoms with E-state index in [0.717, 1.165) is 53.2 Å². The highest BCUT2D eigenvalue weighted by atomic mass is 32.2. The number of unbranched alkanes of at least 4 members (excludes halogenated alkanes) is 1. The van der Waals surface area contributed by atoms with Gasteiger partial charge in [0.25, 0.3) is 0 Å². The molecule has 7 rings (SSSR count). The van der Waals surface area contributed by atoms with E-state index in [0.29, 0.717) is 17.8 Å². The average Bonchev–Trinajstić information content (AvgIpc) is 3.08. The summed E-state index contributed by atoms with van der Waals surface area (Å²) in [6.07, 6.45) is -2.42. The van der Waals surface area contributed by atoms with E-state index in [1.54, 1.807) is 12.1 Å². The van der Waals surface area contributed by atoms with Crippen molar-refractivity contribution in [1.82, 2.24) is 0 Å². The number of esters is 2. The van der Waals surface area contributed by atoms with Gasteiger partial charge >= 0.3 is 29.3 Å². The molecule has 0 aliphatic heterocycles. The summed E-state index contributed by atoms with van der Waals surface area (Å²) in [5.41, 5.74) is -0.484. The largest absolute Gasteiger partial charge is 0.743 e. The molecule has 0 heterocycles. The zero-order valence-corrected chi connectivity index (χ0v) is 30.5. The second kappa shape index (κ2) is 16.6. The Bertz CT molecular complexity index is 1760. The summed E-state index contributed by atoms with van der Waals surface area (Å²) in [4.78, 5) is 27.1. The molecular formula is C38H39F7O7S2. The Hall–Kier alpha value is -3.63. The van der Waals surface area contributed by atoms with Crippen LogP contribution < -0.4 is 4.74 Å². The minimum Gasteiger partial charge on any atom is -0.743 e. The Labute approximate surface area is 311 Å². The van der Waals surface area contributed by atoms with Gasteiger partial charge in [-0.3, -0.25) is 9.59 Å². The van der Waals surface area contributed by atoms with Crippen LogP contribution in [0.2, 0.25) is 0 Å². The fourth-order valence-electron chi connectivity index (χ4n) is 7.95. The van der Waals surface area contributed by atoms with E-state index in [9.17, 15) is 53.3 Å². The van der Waals surface area contributed by atoms with Crippen LogP contribution in [0.15, 0.2) is 99.6 Å². The highest BCUT2D eigenvalue weighted by Gasteiger charge is 2.61. The molecule has 0 saturated heterocycles.